The zero-order valence-electron chi connectivity index (χ0n) is 10.6. The maximum Gasteiger partial charge on any atom is 0.188 e. The van der Waals surface area contributed by atoms with E-state index in [-0.39, 0.29) is 0 Å². The van der Waals surface area contributed by atoms with Crippen molar-refractivity contribution in [2.24, 2.45) is 0 Å². The Hall–Kier alpha value is -2.09. The van der Waals surface area contributed by atoms with Crippen LogP contribution in [0.25, 0.3) is 10.2 Å². The van der Waals surface area contributed by atoms with Crippen LogP contribution in [0.5, 0.6) is 0 Å². The topological polar surface area (TPSA) is 48.7 Å². The normalized spacial score (nSPS) is 10.4. The fourth-order valence-corrected chi connectivity index (χ4v) is 3.07. The quantitative estimate of drug-likeness (QED) is 0.734. The number of anilines is 2. The van der Waals surface area contributed by atoms with Crippen molar-refractivity contribution in [2.75, 3.05) is 5.32 Å². The van der Waals surface area contributed by atoms with E-state index >= 15 is 0 Å². The smallest absolute Gasteiger partial charge is 0.188 e. The van der Waals surface area contributed by atoms with E-state index in [2.05, 4.69) is 29.4 Å². The maximum absolute atomic E-state index is 9.11. The molecule has 0 unspecified atom stereocenters. The van der Waals surface area contributed by atoms with E-state index in [1.54, 1.807) is 29.5 Å². The first kappa shape index (κ1) is 12.9. The van der Waals surface area contributed by atoms with Crippen molar-refractivity contribution in [1.29, 1.82) is 5.26 Å². The number of hydrogen-bond acceptors (Lipinski definition) is 4. The SMILES string of the molecule is Cc1ccc2nc(Nc3cc(Cl)ccc3C#N)sc2c1. The second kappa shape index (κ2) is 5.12. The maximum atomic E-state index is 9.11. The van der Waals surface area contributed by atoms with Crippen LogP contribution in [0.3, 0.4) is 0 Å². The molecule has 0 fully saturated rings. The second-order valence-corrected chi connectivity index (χ2v) is 5.88. The van der Waals surface area contributed by atoms with Gasteiger partial charge >= 0.3 is 0 Å². The first-order valence-electron chi connectivity index (χ1n) is 5.99. The lowest BCUT2D eigenvalue weighted by molar-refractivity contribution is 1.41. The summed E-state index contributed by atoms with van der Waals surface area (Å²) in [6, 6.07) is 13.4. The molecule has 0 aliphatic rings. The molecule has 3 nitrogen and oxygen atoms in total. The number of aromatic nitrogens is 1. The van der Waals surface area contributed by atoms with Crippen LogP contribution in [0.1, 0.15) is 11.1 Å². The minimum absolute atomic E-state index is 0.546. The molecule has 98 valence electrons. The summed E-state index contributed by atoms with van der Waals surface area (Å²) < 4.78 is 1.12. The van der Waals surface area contributed by atoms with E-state index in [0.717, 1.165) is 15.3 Å². The zero-order chi connectivity index (χ0) is 14.1. The summed E-state index contributed by atoms with van der Waals surface area (Å²) >= 11 is 7.53. The minimum atomic E-state index is 0.546. The van der Waals surface area contributed by atoms with Gasteiger partial charge in [0.25, 0.3) is 0 Å². The molecule has 0 saturated carbocycles. The van der Waals surface area contributed by atoms with Gasteiger partial charge in [0.05, 0.1) is 21.5 Å². The van der Waals surface area contributed by atoms with E-state index in [1.165, 1.54) is 5.56 Å². The van der Waals surface area contributed by atoms with Gasteiger partial charge in [-0.05, 0) is 42.8 Å². The van der Waals surface area contributed by atoms with Crippen molar-refractivity contribution in [3.63, 3.8) is 0 Å². The zero-order valence-corrected chi connectivity index (χ0v) is 12.2. The van der Waals surface area contributed by atoms with E-state index in [1.807, 2.05) is 12.1 Å². The van der Waals surface area contributed by atoms with Gasteiger partial charge in [0.2, 0.25) is 0 Å². The highest BCUT2D eigenvalue weighted by Gasteiger charge is 2.08. The standard InChI is InChI=1S/C15H10ClN3S/c1-9-2-5-12-14(6-9)20-15(18-12)19-13-7-11(16)4-3-10(13)8-17/h2-7H,1H3,(H,18,19). The molecule has 2 aromatic carbocycles. The van der Waals surface area contributed by atoms with Crippen LogP contribution in [0.4, 0.5) is 10.8 Å². The largest absolute Gasteiger partial charge is 0.330 e. The number of rotatable bonds is 2. The molecule has 0 atom stereocenters. The molecule has 0 radical (unpaired) electrons. The third-order valence-corrected chi connectivity index (χ3v) is 4.06. The van der Waals surface area contributed by atoms with Crippen molar-refractivity contribution in [1.82, 2.24) is 4.98 Å². The highest BCUT2D eigenvalue weighted by Crippen LogP contribution is 2.31. The Morgan fingerprint density at radius 2 is 2.10 bits per heavy atom. The number of hydrogen-bond donors (Lipinski definition) is 1. The molecule has 0 aliphatic carbocycles. The molecule has 0 spiro atoms. The Labute approximate surface area is 125 Å². The van der Waals surface area contributed by atoms with Gasteiger partial charge in [0, 0.05) is 5.02 Å². The van der Waals surface area contributed by atoms with E-state index < -0.39 is 0 Å². The summed E-state index contributed by atoms with van der Waals surface area (Å²) in [5, 5.41) is 13.6. The number of halogens is 1. The fourth-order valence-electron chi connectivity index (χ4n) is 1.92. The molecule has 0 aliphatic heterocycles. The van der Waals surface area contributed by atoms with Crippen molar-refractivity contribution in [2.45, 2.75) is 6.92 Å². The van der Waals surface area contributed by atoms with Crippen LogP contribution >= 0.6 is 22.9 Å². The van der Waals surface area contributed by atoms with Crippen molar-refractivity contribution in [3.05, 3.63) is 52.5 Å². The highest BCUT2D eigenvalue weighted by molar-refractivity contribution is 7.22. The van der Waals surface area contributed by atoms with Gasteiger partial charge in [-0.25, -0.2) is 4.98 Å². The average molecular weight is 300 g/mol. The molecule has 1 N–H and O–H groups in total. The number of thiazole rings is 1. The lowest BCUT2D eigenvalue weighted by Gasteiger charge is -2.04. The highest BCUT2D eigenvalue weighted by atomic mass is 35.5. The third kappa shape index (κ3) is 2.46. The van der Waals surface area contributed by atoms with E-state index in [9.17, 15) is 0 Å². The van der Waals surface area contributed by atoms with Crippen LogP contribution in [0.2, 0.25) is 5.02 Å². The lowest BCUT2D eigenvalue weighted by atomic mass is 10.2. The molecule has 0 saturated heterocycles. The number of aryl methyl sites for hydroxylation is 1. The predicted molar refractivity (Wildman–Crippen MR) is 83.8 cm³/mol. The Kier molecular flexibility index (Phi) is 3.31. The van der Waals surface area contributed by atoms with Gasteiger partial charge in [0.1, 0.15) is 6.07 Å². The van der Waals surface area contributed by atoms with Gasteiger partial charge < -0.3 is 5.32 Å². The molecular weight excluding hydrogens is 290 g/mol. The van der Waals surface area contributed by atoms with Gasteiger partial charge in [-0.15, -0.1) is 0 Å². The van der Waals surface area contributed by atoms with Gasteiger partial charge in [-0.2, -0.15) is 5.26 Å². The number of nitrogens with zero attached hydrogens (tertiary/aromatic N) is 2. The summed E-state index contributed by atoms with van der Waals surface area (Å²) in [6.07, 6.45) is 0. The molecule has 0 amide bonds. The van der Waals surface area contributed by atoms with Crippen LogP contribution < -0.4 is 5.32 Å². The van der Waals surface area contributed by atoms with Gasteiger partial charge in [-0.3, -0.25) is 0 Å². The summed E-state index contributed by atoms with van der Waals surface area (Å²) in [7, 11) is 0. The van der Waals surface area contributed by atoms with Crippen LogP contribution in [0, 0.1) is 18.3 Å². The molecule has 3 rings (SSSR count). The van der Waals surface area contributed by atoms with Crippen molar-refractivity contribution in [3.8, 4) is 6.07 Å². The van der Waals surface area contributed by atoms with Crippen molar-refractivity contribution >= 4 is 44.0 Å². The van der Waals surface area contributed by atoms with Crippen LogP contribution in [-0.4, -0.2) is 4.98 Å². The van der Waals surface area contributed by atoms with Crippen LogP contribution in [-0.2, 0) is 0 Å². The number of fused-ring (bicyclic) bond motifs is 1. The third-order valence-electron chi connectivity index (χ3n) is 2.89. The lowest BCUT2D eigenvalue weighted by Crippen LogP contribution is -1.92. The minimum Gasteiger partial charge on any atom is -0.330 e. The molecule has 1 heterocycles. The van der Waals surface area contributed by atoms with Crippen LogP contribution in [0.15, 0.2) is 36.4 Å². The van der Waals surface area contributed by atoms with Gasteiger partial charge in [0.15, 0.2) is 5.13 Å². The fraction of sp³-hybridized carbons (Fsp3) is 0.0667. The molecule has 3 aromatic rings. The van der Waals surface area contributed by atoms with Crippen molar-refractivity contribution < 1.29 is 0 Å². The summed E-state index contributed by atoms with van der Waals surface area (Å²) in [5.74, 6) is 0. The Bertz CT molecular complexity index is 833. The molecule has 0 bridgehead atoms. The first-order valence-corrected chi connectivity index (χ1v) is 7.19. The summed E-state index contributed by atoms with van der Waals surface area (Å²) in [5.41, 5.74) is 3.37. The second-order valence-electron chi connectivity index (χ2n) is 4.42. The number of nitriles is 1. The molecular formula is C15H10ClN3S. The predicted octanol–water partition coefficient (Wildman–Crippen LogP) is 4.87. The Balaban J connectivity index is 2.01. The van der Waals surface area contributed by atoms with E-state index in [4.69, 9.17) is 16.9 Å². The first-order chi connectivity index (χ1) is 9.65. The average Bonchev–Trinajstić information content (AvgIpc) is 2.80. The van der Waals surface area contributed by atoms with Gasteiger partial charge in [-0.1, -0.05) is 29.0 Å². The molecule has 5 heteroatoms. The molecule has 1 aromatic heterocycles. The molecule has 20 heavy (non-hydrogen) atoms. The summed E-state index contributed by atoms with van der Waals surface area (Å²) in [6.45, 7) is 2.05. The monoisotopic (exact) mass is 299 g/mol. The number of nitrogens with one attached hydrogen (secondary N) is 1. The summed E-state index contributed by atoms with van der Waals surface area (Å²) in [4.78, 5) is 4.51. The number of benzene rings is 2. The van der Waals surface area contributed by atoms with E-state index in [0.29, 0.717) is 16.3 Å². The Morgan fingerprint density at radius 3 is 2.90 bits per heavy atom. The Morgan fingerprint density at radius 1 is 1.25 bits per heavy atom.